The number of para-hydroxylation sites is 1. The molecule has 4 nitrogen and oxygen atoms in total. The zero-order chi connectivity index (χ0) is 16.4. The second kappa shape index (κ2) is 6.58. The number of hydrogen-bond donors (Lipinski definition) is 2. The van der Waals surface area contributed by atoms with Crippen LogP contribution in [-0.4, -0.2) is 11.3 Å². The van der Waals surface area contributed by atoms with Crippen LogP contribution in [0.1, 0.15) is 10.4 Å². The van der Waals surface area contributed by atoms with Gasteiger partial charge < -0.3 is 11.1 Å². The van der Waals surface area contributed by atoms with Gasteiger partial charge in [-0.2, -0.15) is 0 Å². The molecule has 3 rings (SSSR count). The third kappa shape index (κ3) is 3.17. The number of carbonyl (C=O) groups is 1. The molecule has 0 saturated heterocycles. The molecule has 0 radical (unpaired) electrons. The number of hydrogen-bond acceptors (Lipinski definition) is 5. The van der Waals surface area contributed by atoms with Gasteiger partial charge in [-0.1, -0.05) is 52.7 Å². The number of rotatable bonds is 4. The maximum atomic E-state index is 11.3. The highest BCUT2D eigenvalue weighted by Crippen LogP contribution is 2.43. The lowest BCUT2D eigenvalue weighted by Crippen LogP contribution is -1.93. The summed E-state index contributed by atoms with van der Waals surface area (Å²) in [5.74, 6) is 0.292. The van der Waals surface area contributed by atoms with Gasteiger partial charge in [0.2, 0.25) is 0 Å². The van der Waals surface area contributed by atoms with Crippen LogP contribution in [0, 0.1) is 0 Å². The molecule has 0 atom stereocenters. The number of aromatic nitrogens is 1. The number of nitrogens with one attached hydrogen (secondary N) is 1. The van der Waals surface area contributed by atoms with Gasteiger partial charge >= 0.3 is 0 Å². The minimum atomic E-state index is 0.290. The molecule has 0 saturated carbocycles. The van der Waals surface area contributed by atoms with Crippen LogP contribution in [0.25, 0.3) is 10.4 Å². The SMILES string of the molecule is Nc1nc(Nc2ccccc2)sc1-c1c(C=O)ccc(Cl)c1Cl. The molecular formula is C16H11Cl2N3OS. The number of benzene rings is 2. The van der Waals surface area contributed by atoms with E-state index in [0.717, 1.165) is 12.0 Å². The van der Waals surface area contributed by atoms with E-state index in [4.69, 9.17) is 28.9 Å². The fraction of sp³-hybridized carbons (Fsp3) is 0. The summed E-state index contributed by atoms with van der Waals surface area (Å²) in [5, 5.41) is 4.43. The quantitative estimate of drug-likeness (QED) is 0.620. The van der Waals surface area contributed by atoms with E-state index in [0.29, 0.717) is 32.0 Å². The van der Waals surface area contributed by atoms with Gasteiger partial charge in [0.1, 0.15) is 5.82 Å². The van der Waals surface area contributed by atoms with Crippen LogP contribution in [-0.2, 0) is 0 Å². The molecule has 0 bridgehead atoms. The summed E-state index contributed by atoms with van der Waals surface area (Å²) in [5.41, 5.74) is 7.82. The smallest absolute Gasteiger partial charge is 0.189 e. The van der Waals surface area contributed by atoms with Crippen molar-refractivity contribution in [1.29, 1.82) is 0 Å². The molecule has 1 aromatic heterocycles. The Hall–Kier alpha value is -2.08. The van der Waals surface area contributed by atoms with Crippen LogP contribution in [0.2, 0.25) is 10.0 Å². The van der Waals surface area contributed by atoms with E-state index in [2.05, 4.69) is 10.3 Å². The van der Waals surface area contributed by atoms with Crippen molar-refractivity contribution in [2.24, 2.45) is 0 Å². The molecule has 0 aliphatic carbocycles. The molecule has 23 heavy (non-hydrogen) atoms. The molecule has 0 unspecified atom stereocenters. The predicted octanol–water partition coefficient (Wildman–Crippen LogP) is 5.26. The number of nitrogens with zero attached hydrogens (tertiary/aromatic N) is 1. The minimum absolute atomic E-state index is 0.290. The number of carbonyl (C=O) groups excluding carboxylic acids is 1. The van der Waals surface area contributed by atoms with Crippen molar-refractivity contribution < 1.29 is 4.79 Å². The largest absolute Gasteiger partial charge is 0.382 e. The molecule has 3 aromatic rings. The zero-order valence-corrected chi connectivity index (χ0v) is 14.0. The average Bonchev–Trinajstić information content (AvgIpc) is 2.91. The van der Waals surface area contributed by atoms with E-state index in [1.165, 1.54) is 11.3 Å². The Labute approximate surface area is 146 Å². The Morgan fingerprint density at radius 2 is 1.87 bits per heavy atom. The van der Waals surface area contributed by atoms with Crippen LogP contribution in [0.3, 0.4) is 0 Å². The van der Waals surface area contributed by atoms with Crippen molar-refractivity contribution >= 4 is 57.5 Å². The fourth-order valence-corrected chi connectivity index (χ4v) is 3.56. The zero-order valence-electron chi connectivity index (χ0n) is 11.7. The molecular weight excluding hydrogens is 353 g/mol. The molecule has 0 aliphatic heterocycles. The lowest BCUT2D eigenvalue weighted by atomic mass is 10.1. The third-order valence-corrected chi connectivity index (χ3v) is 4.97. The maximum absolute atomic E-state index is 11.3. The van der Waals surface area contributed by atoms with Gasteiger partial charge in [0, 0.05) is 16.8 Å². The average molecular weight is 364 g/mol. The number of thiazole rings is 1. The van der Waals surface area contributed by atoms with E-state index in [9.17, 15) is 4.79 Å². The van der Waals surface area contributed by atoms with Gasteiger partial charge in [-0.15, -0.1) is 0 Å². The van der Waals surface area contributed by atoms with Crippen molar-refractivity contribution in [1.82, 2.24) is 4.98 Å². The van der Waals surface area contributed by atoms with Crippen molar-refractivity contribution in [2.75, 3.05) is 11.1 Å². The molecule has 0 amide bonds. The highest BCUT2D eigenvalue weighted by molar-refractivity contribution is 7.19. The number of aldehydes is 1. The number of nitrogens with two attached hydrogens (primary N) is 1. The highest BCUT2D eigenvalue weighted by atomic mass is 35.5. The number of halogens is 2. The van der Waals surface area contributed by atoms with E-state index < -0.39 is 0 Å². The number of anilines is 3. The van der Waals surface area contributed by atoms with Gasteiger partial charge in [-0.25, -0.2) is 4.98 Å². The summed E-state index contributed by atoms with van der Waals surface area (Å²) in [4.78, 5) is 16.2. The van der Waals surface area contributed by atoms with E-state index in [1.807, 2.05) is 30.3 Å². The summed E-state index contributed by atoms with van der Waals surface area (Å²) in [6.07, 6.45) is 0.723. The summed E-state index contributed by atoms with van der Waals surface area (Å²) in [6.45, 7) is 0. The van der Waals surface area contributed by atoms with Crippen LogP contribution < -0.4 is 11.1 Å². The first kappa shape index (κ1) is 15.8. The normalized spacial score (nSPS) is 10.5. The second-order valence-electron chi connectivity index (χ2n) is 4.67. The highest BCUT2D eigenvalue weighted by Gasteiger charge is 2.19. The first-order chi connectivity index (χ1) is 11.1. The van der Waals surface area contributed by atoms with Crippen LogP contribution in [0.4, 0.5) is 16.6 Å². The monoisotopic (exact) mass is 363 g/mol. The first-order valence-corrected chi connectivity index (χ1v) is 8.19. The van der Waals surface area contributed by atoms with E-state index in [1.54, 1.807) is 12.1 Å². The molecule has 0 spiro atoms. The van der Waals surface area contributed by atoms with Gasteiger partial charge in [-0.3, -0.25) is 4.79 Å². The van der Waals surface area contributed by atoms with Crippen molar-refractivity contribution in [3.05, 3.63) is 58.1 Å². The molecule has 0 aliphatic rings. The Bertz CT molecular complexity index is 865. The summed E-state index contributed by atoms with van der Waals surface area (Å²) >= 11 is 13.6. The van der Waals surface area contributed by atoms with Crippen molar-refractivity contribution in [3.63, 3.8) is 0 Å². The molecule has 2 aromatic carbocycles. The van der Waals surface area contributed by atoms with Gasteiger partial charge in [0.05, 0.1) is 14.9 Å². The third-order valence-electron chi connectivity index (χ3n) is 3.16. The van der Waals surface area contributed by atoms with Gasteiger partial charge in [0.25, 0.3) is 0 Å². The van der Waals surface area contributed by atoms with Gasteiger partial charge in [-0.05, 0) is 24.3 Å². The Morgan fingerprint density at radius 3 is 2.57 bits per heavy atom. The Morgan fingerprint density at radius 1 is 1.13 bits per heavy atom. The van der Waals surface area contributed by atoms with Crippen molar-refractivity contribution in [3.8, 4) is 10.4 Å². The van der Waals surface area contributed by atoms with Crippen molar-refractivity contribution in [2.45, 2.75) is 0 Å². The van der Waals surface area contributed by atoms with E-state index >= 15 is 0 Å². The molecule has 3 N–H and O–H groups in total. The summed E-state index contributed by atoms with van der Waals surface area (Å²) < 4.78 is 0. The summed E-state index contributed by atoms with van der Waals surface area (Å²) in [7, 11) is 0. The summed E-state index contributed by atoms with van der Waals surface area (Å²) in [6, 6.07) is 12.8. The molecule has 116 valence electrons. The number of nitrogen functional groups attached to an aromatic ring is 1. The van der Waals surface area contributed by atoms with Crippen LogP contribution in [0.5, 0.6) is 0 Å². The fourth-order valence-electron chi connectivity index (χ4n) is 2.10. The second-order valence-corrected chi connectivity index (χ2v) is 6.45. The maximum Gasteiger partial charge on any atom is 0.189 e. The van der Waals surface area contributed by atoms with Crippen LogP contribution in [0.15, 0.2) is 42.5 Å². The lowest BCUT2D eigenvalue weighted by Gasteiger charge is -2.07. The first-order valence-electron chi connectivity index (χ1n) is 6.62. The Kier molecular flexibility index (Phi) is 4.52. The predicted molar refractivity (Wildman–Crippen MR) is 97.1 cm³/mol. The minimum Gasteiger partial charge on any atom is -0.382 e. The standard InChI is InChI=1S/C16H11Cl2N3OS/c17-11-7-6-9(8-22)12(13(11)18)14-15(19)21-16(23-14)20-10-4-2-1-3-5-10/h1-8H,19H2,(H,20,21). The Balaban J connectivity index is 2.05. The molecule has 7 heteroatoms. The van der Waals surface area contributed by atoms with Gasteiger partial charge in [0.15, 0.2) is 11.4 Å². The molecule has 1 heterocycles. The van der Waals surface area contributed by atoms with E-state index in [-0.39, 0.29) is 5.02 Å². The molecule has 0 fully saturated rings. The lowest BCUT2D eigenvalue weighted by molar-refractivity contribution is 0.112. The topological polar surface area (TPSA) is 68.0 Å². The van der Waals surface area contributed by atoms with Crippen LogP contribution >= 0.6 is 34.5 Å².